The minimum atomic E-state index is -0.125. The van der Waals surface area contributed by atoms with E-state index in [-0.39, 0.29) is 17.4 Å². The predicted molar refractivity (Wildman–Crippen MR) is 74.4 cm³/mol. The highest BCUT2D eigenvalue weighted by atomic mass is 16.5. The number of hydrogen-bond donors (Lipinski definition) is 1. The molecule has 0 aromatic rings. The summed E-state index contributed by atoms with van der Waals surface area (Å²) in [7, 11) is 0. The lowest BCUT2D eigenvalue weighted by molar-refractivity contribution is -0.135. The normalized spacial score (nSPS) is 23.9. The Kier molecular flexibility index (Phi) is 5.64. The molecule has 18 heavy (non-hydrogen) atoms. The van der Waals surface area contributed by atoms with Crippen LogP contribution in [-0.4, -0.2) is 24.2 Å². The molecule has 1 saturated carbocycles. The van der Waals surface area contributed by atoms with Gasteiger partial charge in [-0.1, -0.05) is 13.8 Å². The highest BCUT2D eigenvalue weighted by molar-refractivity contribution is 5.80. The van der Waals surface area contributed by atoms with Gasteiger partial charge in [-0.15, -0.1) is 0 Å². The number of ether oxygens (including phenoxy) is 1. The molecule has 1 amide bonds. The van der Waals surface area contributed by atoms with Crippen molar-refractivity contribution < 1.29 is 9.53 Å². The van der Waals surface area contributed by atoms with E-state index >= 15 is 0 Å². The van der Waals surface area contributed by atoms with Crippen molar-refractivity contribution in [1.29, 1.82) is 0 Å². The summed E-state index contributed by atoms with van der Waals surface area (Å²) in [6.07, 6.45) is 4.45. The molecule has 0 unspecified atom stereocenters. The van der Waals surface area contributed by atoms with Crippen LogP contribution >= 0.6 is 0 Å². The van der Waals surface area contributed by atoms with E-state index in [1.807, 2.05) is 20.8 Å². The highest BCUT2D eigenvalue weighted by Gasteiger charge is 2.36. The van der Waals surface area contributed by atoms with Crippen molar-refractivity contribution in [2.75, 3.05) is 6.61 Å². The Bertz CT molecular complexity index is 262. The van der Waals surface area contributed by atoms with Crippen molar-refractivity contribution in [3.05, 3.63) is 0 Å². The second kappa shape index (κ2) is 6.55. The van der Waals surface area contributed by atoms with Crippen LogP contribution in [0.5, 0.6) is 0 Å². The zero-order valence-corrected chi connectivity index (χ0v) is 12.6. The molecule has 0 saturated heterocycles. The molecule has 0 aromatic heterocycles. The van der Waals surface area contributed by atoms with Gasteiger partial charge in [0.25, 0.3) is 0 Å². The first-order valence-corrected chi connectivity index (χ1v) is 7.21. The maximum Gasteiger partial charge on any atom is 0.223 e. The maximum atomic E-state index is 11.8. The molecule has 106 valence electrons. The van der Waals surface area contributed by atoms with Crippen molar-refractivity contribution >= 4 is 5.91 Å². The number of hydrogen-bond acceptors (Lipinski definition) is 2. The van der Waals surface area contributed by atoms with E-state index in [4.69, 9.17) is 4.74 Å². The number of rotatable bonds is 6. The standard InChI is InChI=1S/C15H29NO2/c1-11(2)7-6-8-18-13-9-12(10-13)14(17)16-15(3,4)5/h11-13H,6-10H2,1-5H3,(H,16,17)/t12-,13+. The average molecular weight is 255 g/mol. The molecule has 0 heterocycles. The Hall–Kier alpha value is -0.570. The third-order valence-electron chi connectivity index (χ3n) is 3.24. The third kappa shape index (κ3) is 5.85. The lowest BCUT2D eigenvalue weighted by Gasteiger charge is -2.36. The average Bonchev–Trinajstić information content (AvgIpc) is 2.10. The van der Waals surface area contributed by atoms with Crippen molar-refractivity contribution in [3.63, 3.8) is 0 Å². The molecule has 1 fully saturated rings. The molecule has 3 heteroatoms. The molecule has 0 radical (unpaired) electrons. The lowest BCUT2D eigenvalue weighted by atomic mass is 9.81. The summed E-state index contributed by atoms with van der Waals surface area (Å²) >= 11 is 0. The van der Waals surface area contributed by atoms with Crippen LogP contribution < -0.4 is 5.32 Å². The Morgan fingerprint density at radius 3 is 2.44 bits per heavy atom. The summed E-state index contributed by atoms with van der Waals surface area (Å²) in [4.78, 5) is 11.8. The first-order chi connectivity index (χ1) is 8.28. The Morgan fingerprint density at radius 2 is 1.94 bits per heavy atom. The van der Waals surface area contributed by atoms with Gasteiger partial charge in [0, 0.05) is 18.1 Å². The lowest BCUT2D eigenvalue weighted by Crippen LogP contribution is -2.48. The first kappa shape index (κ1) is 15.5. The van der Waals surface area contributed by atoms with E-state index < -0.39 is 0 Å². The fraction of sp³-hybridized carbons (Fsp3) is 0.933. The number of amides is 1. The summed E-state index contributed by atoms with van der Waals surface area (Å²) in [6, 6.07) is 0. The van der Waals surface area contributed by atoms with Crippen LogP contribution in [0.2, 0.25) is 0 Å². The van der Waals surface area contributed by atoms with Crippen molar-refractivity contribution in [2.24, 2.45) is 11.8 Å². The van der Waals surface area contributed by atoms with E-state index in [2.05, 4.69) is 19.2 Å². The van der Waals surface area contributed by atoms with Crippen LogP contribution in [0.15, 0.2) is 0 Å². The maximum absolute atomic E-state index is 11.8. The largest absolute Gasteiger partial charge is 0.378 e. The van der Waals surface area contributed by atoms with Gasteiger partial charge >= 0.3 is 0 Å². The Labute approximate surface area is 112 Å². The van der Waals surface area contributed by atoms with Gasteiger partial charge in [-0.05, 0) is 52.4 Å². The summed E-state index contributed by atoms with van der Waals surface area (Å²) in [6.45, 7) is 11.4. The van der Waals surface area contributed by atoms with Gasteiger partial charge in [-0.3, -0.25) is 4.79 Å². The molecule has 0 aliphatic heterocycles. The van der Waals surface area contributed by atoms with E-state index in [1.54, 1.807) is 0 Å². The molecular formula is C15H29NO2. The molecule has 3 nitrogen and oxygen atoms in total. The predicted octanol–water partition coefficient (Wildman–Crippen LogP) is 3.13. The quantitative estimate of drug-likeness (QED) is 0.741. The zero-order chi connectivity index (χ0) is 13.8. The SMILES string of the molecule is CC(C)CCCO[C@H]1C[C@@H](C(=O)NC(C)(C)C)C1. The van der Waals surface area contributed by atoms with Gasteiger partial charge in [0.15, 0.2) is 0 Å². The fourth-order valence-corrected chi connectivity index (χ4v) is 2.13. The minimum Gasteiger partial charge on any atom is -0.378 e. The van der Waals surface area contributed by atoms with E-state index in [0.717, 1.165) is 31.8 Å². The molecule has 0 atom stereocenters. The van der Waals surface area contributed by atoms with Crippen molar-refractivity contribution in [1.82, 2.24) is 5.32 Å². The number of carbonyl (C=O) groups excluding carboxylic acids is 1. The van der Waals surface area contributed by atoms with Gasteiger partial charge in [-0.25, -0.2) is 0 Å². The van der Waals surface area contributed by atoms with Crippen molar-refractivity contribution in [2.45, 2.75) is 71.9 Å². The van der Waals surface area contributed by atoms with E-state index in [1.165, 1.54) is 6.42 Å². The van der Waals surface area contributed by atoms with Gasteiger partial charge in [-0.2, -0.15) is 0 Å². The highest BCUT2D eigenvalue weighted by Crippen LogP contribution is 2.30. The van der Waals surface area contributed by atoms with Crippen LogP contribution in [0.25, 0.3) is 0 Å². The van der Waals surface area contributed by atoms with E-state index in [0.29, 0.717) is 6.10 Å². The van der Waals surface area contributed by atoms with Gasteiger partial charge in [0.2, 0.25) is 5.91 Å². The monoisotopic (exact) mass is 255 g/mol. The van der Waals surface area contributed by atoms with Gasteiger partial charge in [0.05, 0.1) is 6.10 Å². The Morgan fingerprint density at radius 1 is 1.33 bits per heavy atom. The van der Waals surface area contributed by atoms with Crippen LogP contribution in [0.3, 0.4) is 0 Å². The molecule has 1 rings (SSSR count). The number of carbonyl (C=O) groups is 1. The fourth-order valence-electron chi connectivity index (χ4n) is 2.13. The molecule has 1 aliphatic rings. The van der Waals surface area contributed by atoms with Crippen LogP contribution in [-0.2, 0) is 9.53 Å². The van der Waals surface area contributed by atoms with Crippen LogP contribution in [0.1, 0.15) is 60.3 Å². The Balaban J connectivity index is 2.07. The number of nitrogens with one attached hydrogen (secondary N) is 1. The van der Waals surface area contributed by atoms with Crippen molar-refractivity contribution in [3.8, 4) is 0 Å². The molecule has 1 N–H and O–H groups in total. The first-order valence-electron chi connectivity index (χ1n) is 7.21. The third-order valence-corrected chi connectivity index (χ3v) is 3.24. The summed E-state index contributed by atoms with van der Waals surface area (Å²) < 4.78 is 5.76. The smallest absolute Gasteiger partial charge is 0.223 e. The summed E-state index contributed by atoms with van der Waals surface area (Å²) in [5, 5.41) is 3.03. The topological polar surface area (TPSA) is 38.3 Å². The van der Waals surface area contributed by atoms with Gasteiger partial charge < -0.3 is 10.1 Å². The van der Waals surface area contributed by atoms with Gasteiger partial charge in [0.1, 0.15) is 0 Å². The van der Waals surface area contributed by atoms with Crippen LogP contribution in [0, 0.1) is 11.8 Å². The molecular weight excluding hydrogens is 226 g/mol. The second-order valence-electron chi connectivity index (χ2n) is 6.94. The molecule has 1 aliphatic carbocycles. The zero-order valence-electron chi connectivity index (χ0n) is 12.6. The molecule has 0 spiro atoms. The molecule has 0 aromatic carbocycles. The summed E-state index contributed by atoms with van der Waals surface area (Å²) in [5.74, 6) is 1.10. The summed E-state index contributed by atoms with van der Waals surface area (Å²) in [5.41, 5.74) is -0.125. The van der Waals surface area contributed by atoms with E-state index in [9.17, 15) is 4.79 Å². The minimum absolute atomic E-state index is 0.125. The molecule has 0 bridgehead atoms. The van der Waals surface area contributed by atoms with Crippen LogP contribution in [0.4, 0.5) is 0 Å². The second-order valence-corrected chi connectivity index (χ2v) is 6.94.